The molecule has 0 saturated heterocycles. The van der Waals surface area contributed by atoms with Gasteiger partial charge in [0.2, 0.25) is 0 Å². The number of rotatable bonds is 7. The summed E-state index contributed by atoms with van der Waals surface area (Å²) in [5.41, 5.74) is 1.22. The van der Waals surface area contributed by atoms with E-state index in [-0.39, 0.29) is 6.04 Å². The molecule has 0 aliphatic rings. The van der Waals surface area contributed by atoms with E-state index in [0.717, 1.165) is 29.5 Å². The monoisotopic (exact) mass is 309 g/mol. The molecular formula is C16H20ClNOS. The number of halogens is 1. The van der Waals surface area contributed by atoms with Crippen molar-refractivity contribution < 1.29 is 4.74 Å². The Morgan fingerprint density at radius 1 is 1.25 bits per heavy atom. The fourth-order valence-electron chi connectivity index (χ4n) is 2.20. The molecule has 0 aliphatic carbocycles. The van der Waals surface area contributed by atoms with Crippen molar-refractivity contribution in [3.8, 4) is 5.75 Å². The van der Waals surface area contributed by atoms with Crippen LogP contribution in [0.2, 0.25) is 4.34 Å². The number of hydrogen-bond acceptors (Lipinski definition) is 3. The Hall–Kier alpha value is -1.03. The van der Waals surface area contributed by atoms with Crippen LogP contribution in [-0.4, -0.2) is 13.7 Å². The average molecular weight is 310 g/mol. The Labute approximate surface area is 129 Å². The smallest absolute Gasteiger partial charge is 0.122 e. The summed E-state index contributed by atoms with van der Waals surface area (Å²) < 4.78 is 6.28. The maximum absolute atomic E-state index is 6.07. The predicted molar refractivity (Wildman–Crippen MR) is 87.1 cm³/mol. The molecule has 1 atom stereocenters. The van der Waals surface area contributed by atoms with Gasteiger partial charge in [-0.15, -0.1) is 11.3 Å². The van der Waals surface area contributed by atoms with Gasteiger partial charge in [-0.05, 0) is 43.1 Å². The standard InChI is InChI=1S/C16H20ClNOS/c1-3-10-18-13(15-8-9-16(17)20-15)11-12-6-4-5-7-14(12)19-2/h4-9,13,18H,3,10-11H2,1-2H3. The molecule has 1 aromatic heterocycles. The maximum atomic E-state index is 6.07. The van der Waals surface area contributed by atoms with Gasteiger partial charge in [-0.2, -0.15) is 0 Å². The molecule has 1 heterocycles. The third-order valence-corrected chi connectivity index (χ3v) is 4.54. The first kappa shape index (κ1) is 15.4. The van der Waals surface area contributed by atoms with Crippen molar-refractivity contribution in [3.63, 3.8) is 0 Å². The molecule has 1 N–H and O–H groups in total. The van der Waals surface area contributed by atoms with Crippen molar-refractivity contribution in [1.29, 1.82) is 0 Å². The largest absolute Gasteiger partial charge is 0.496 e. The second-order valence-corrected chi connectivity index (χ2v) is 6.41. The molecule has 0 radical (unpaired) electrons. The number of hydrogen-bond donors (Lipinski definition) is 1. The molecule has 0 bridgehead atoms. The summed E-state index contributed by atoms with van der Waals surface area (Å²) in [6.45, 7) is 3.17. The molecule has 0 spiro atoms. The molecular weight excluding hydrogens is 290 g/mol. The highest BCUT2D eigenvalue weighted by Gasteiger charge is 2.15. The number of thiophene rings is 1. The number of para-hydroxylation sites is 1. The normalized spacial score (nSPS) is 12.3. The van der Waals surface area contributed by atoms with Crippen LogP contribution in [0.5, 0.6) is 5.75 Å². The van der Waals surface area contributed by atoms with Crippen molar-refractivity contribution in [3.05, 3.63) is 51.2 Å². The first-order valence-electron chi connectivity index (χ1n) is 6.85. The highest BCUT2D eigenvalue weighted by Crippen LogP contribution is 2.31. The minimum absolute atomic E-state index is 0.281. The first-order valence-corrected chi connectivity index (χ1v) is 8.04. The van der Waals surface area contributed by atoms with Crippen LogP contribution in [0.1, 0.15) is 29.8 Å². The summed E-state index contributed by atoms with van der Waals surface area (Å²) in [7, 11) is 1.72. The van der Waals surface area contributed by atoms with E-state index in [9.17, 15) is 0 Å². The molecule has 0 fully saturated rings. The second-order valence-electron chi connectivity index (χ2n) is 4.66. The summed E-state index contributed by atoms with van der Waals surface area (Å²) in [6, 6.07) is 12.5. The maximum Gasteiger partial charge on any atom is 0.122 e. The zero-order valence-electron chi connectivity index (χ0n) is 11.9. The minimum Gasteiger partial charge on any atom is -0.496 e. The van der Waals surface area contributed by atoms with E-state index in [1.807, 2.05) is 18.2 Å². The molecule has 1 aromatic carbocycles. The quantitative estimate of drug-likeness (QED) is 0.801. The van der Waals surface area contributed by atoms with Crippen LogP contribution in [0.25, 0.3) is 0 Å². The Balaban J connectivity index is 2.19. The van der Waals surface area contributed by atoms with Gasteiger partial charge in [0.15, 0.2) is 0 Å². The Kier molecular flexibility index (Phi) is 5.89. The summed E-state index contributed by atoms with van der Waals surface area (Å²) >= 11 is 7.71. The van der Waals surface area contributed by atoms with E-state index >= 15 is 0 Å². The van der Waals surface area contributed by atoms with Crippen LogP contribution in [-0.2, 0) is 6.42 Å². The first-order chi connectivity index (χ1) is 9.74. The Bertz CT molecular complexity index is 541. The molecule has 108 valence electrons. The predicted octanol–water partition coefficient (Wildman–Crippen LogP) is 4.69. The lowest BCUT2D eigenvalue weighted by Gasteiger charge is -2.18. The molecule has 1 unspecified atom stereocenters. The van der Waals surface area contributed by atoms with Crippen LogP contribution in [0.4, 0.5) is 0 Å². The third-order valence-electron chi connectivity index (χ3n) is 3.19. The van der Waals surface area contributed by atoms with Crippen LogP contribution < -0.4 is 10.1 Å². The van der Waals surface area contributed by atoms with E-state index in [4.69, 9.17) is 16.3 Å². The highest BCUT2D eigenvalue weighted by molar-refractivity contribution is 7.16. The molecule has 0 saturated carbocycles. The van der Waals surface area contributed by atoms with Crippen LogP contribution in [0.3, 0.4) is 0 Å². The van der Waals surface area contributed by atoms with Gasteiger partial charge in [0.1, 0.15) is 5.75 Å². The van der Waals surface area contributed by atoms with Crippen molar-refractivity contribution in [2.45, 2.75) is 25.8 Å². The van der Waals surface area contributed by atoms with Gasteiger partial charge in [0, 0.05) is 10.9 Å². The lowest BCUT2D eigenvalue weighted by atomic mass is 10.0. The van der Waals surface area contributed by atoms with Gasteiger partial charge in [-0.25, -0.2) is 0 Å². The van der Waals surface area contributed by atoms with E-state index in [0.29, 0.717) is 0 Å². The van der Waals surface area contributed by atoms with Crippen molar-refractivity contribution in [1.82, 2.24) is 5.32 Å². The van der Waals surface area contributed by atoms with E-state index < -0.39 is 0 Å². The zero-order valence-corrected chi connectivity index (χ0v) is 13.4. The third kappa shape index (κ3) is 3.98. The topological polar surface area (TPSA) is 21.3 Å². The summed E-state index contributed by atoms with van der Waals surface area (Å²) in [5, 5.41) is 3.60. The van der Waals surface area contributed by atoms with Crippen molar-refractivity contribution >= 4 is 22.9 Å². The lowest BCUT2D eigenvalue weighted by molar-refractivity contribution is 0.405. The van der Waals surface area contributed by atoms with Gasteiger partial charge >= 0.3 is 0 Å². The number of methoxy groups -OCH3 is 1. The summed E-state index contributed by atoms with van der Waals surface area (Å²) in [4.78, 5) is 1.27. The van der Waals surface area contributed by atoms with Crippen molar-refractivity contribution in [2.75, 3.05) is 13.7 Å². The molecule has 20 heavy (non-hydrogen) atoms. The molecule has 2 aromatic rings. The summed E-state index contributed by atoms with van der Waals surface area (Å²) in [6.07, 6.45) is 2.02. The lowest BCUT2D eigenvalue weighted by Crippen LogP contribution is -2.23. The Morgan fingerprint density at radius 2 is 2.05 bits per heavy atom. The Morgan fingerprint density at radius 3 is 2.70 bits per heavy atom. The number of ether oxygens (including phenoxy) is 1. The highest BCUT2D eigenvalue weighted by atomic mass is 35.5. The van der Waals surface area contributed by atoms with E-state index in [1.54, 1.807) is 18.4 Å². The fourth-order valence-corrected chi connectivity index (χ4v) is 3.34. The van der Waals surface area contributed by atoms with Crippen molar-refractivity contribution in [2.24, 2.45) is 0 Å². The summed E-state index contributed by atoms with van der Waals surface area (Å²) in [5.74, 6) is 0.943. The van der Waals surface area contributed by atoms with Gasteiger partial charge in [-0.1, -0.05) is 36.7 Å². The fraction of sp³-hybridized carbons (Fsp3) is 0.375. The number of benzene rings is 1. The van der Waals surface area contributed by atoms with Crippen LogP contribution in [0, 0.1) is 0 Å². The molecule has 2 nitrogen and oxygen atoms in total. The average Bonchev–Trinajstić information content (AvgIpc) is 2.90. The molecule has 0 aliphatic heterocycles. The van der Waals surface area contributed by atoms with Crippen LogP contribution in [0.15, 0.2) is 36.4 Å². The van der Waals surface area contributed by atoms with Gasteiger partial charge in [0.25, 0.3) is 0 Å². The SMILES string of the molecule is CCCNC(Cc1ccccc1OC)c1ccc(Cl)s1. The van der Waals surface area contributed by atoms with Gasteiger partial charge in [0.05, 0.1) is 11.4 Å². The molecule has 2 rings (SSSR count). The molecule has 0 amide bonds. The van der Waals surface area contributed by atoms with E-state index in [1.165, 1.54) is 10.4 Å². The van der Waals surface area contributed by atoms with Gasteiger partial charge < -0.3 is 10.1 Å². The molecule has 4 heteroatoms. The second kappa shape index (κ2) is 7.67. The van der Waals surface area contributed by atoms with E-state index in [2.05, 4.69) is 30.4 Å². The minimum atomic E-state index is 0.281. The zero-order chi connectivity index (χ0) is 14.4. The van der Waals surface area contributed by atoms with Crippen LogP contribution >= 0.6 is 22.9 Å². The van der Waals surface area contributed by atoms with Gasteiger partial charge in [-0.3, -0.25) is 0 Å². The number of nitrogens with one attached hydrogen (secondary N) is 1.